The Morgan fingerprint density at radius 2 is 1.77 bits per heavy atom. The molecule has 0 saturated carbocycles. The van der Waals surface area contributed by atoms with Crippen molar-refractivity contribution in [1.29, 1.82) is 0 Å². The third-order valence-electron chi connectivity index (χ3n) is 6.35. The monoisotopic (exact) mass is 564 g/mol. The van der Waals surface area contributed by atoms with Crippen LogP contribution in [0.1, 0.15) is 38.1 Å². The molecular formula is C29H28N2O8S. The van der Waals surface area contributed by atoms with Gasteiger partial charge in [0.05, 0.1) is 32.6 Å². The van der Waals surface area contributed by atoms with Gasteiger partial charge < -0.3 is 24.1 Å². The zero-order valence-electron chi connectivity index (χ0n) is 22.6. The fourth-order valence-electron chi connectivity index (χ4n) is 4.43. The van der Waals surface area contributed by atoms with Gasteiger partial charge in [-0.25, -0.2) is 9.78 Å². The zero-order valence-corrected chi connectivity index (χ0v) is 23.5. The number of hydrogen-bond acceptors (Lipinski definition) is 10. The van der Waals surface area contributed by atoms with Crippen LogP contribution in [-0.4, -0.2) is 55.7 Å². The number of Topliss-reactive ketones (excluding diaryl/α,β-unsaturated/α-hetero) is 1. The van der Waals surface area contributed by atoms with E-state index in [1.807, 2.05) is 0 Å². The van der Waals surface area contributed by atoms with Gasteiger partial charge in [-0.3, -0.25) is 14.5 Å². The highest BCUT2D eigenvalue weighted by Gasteiger charge is 2.49. The van der Waals surface area contributed by atoms with Crippen LogP contribution in [0.15, 0.2) is 54.6 Å². The number of ether oxygens (including phenoxy) is 4. The first kappa shape index (κ1) is 28.4. The van der Waals surface area contributed by atoms with E-state index >= 15 is 0 Å². The molecule has 2 heterocycles. The number of amides is 1. The molecule has 0 bridgehead atoms. The zero-order chi connectivity index (χ0) is 29.1. The van der Waals surface area contributed by atoms with Crippen molar-refractivity contribution in [1.82, 2.24) is 4.98 Å². The van der Waals surface area contributed by atoms with Crippen molar-refractivity contribution in [2.75, 3.05) is 32.8 Å². The lowest BCUT2D eigenvalue weighted by Crippen LogP contribution is -2.29. The third kappa shape index (κ3) is 5.03. The van der Waals surface area contributed by atoms with E-state index in [0.717, 1.165) is 21.8 Å². The second-order valence-corrected chi connectivity index (χ2v) is 9.74. The minimum atomic E-state index is -1.16. The summed E-state index contributed by atoms with van der Waals surface area (Å²) in [5, 5.41) is 11.6. The molecule has 208 valence electrons. The predicted octanol–water partition coefficient (Wildman–Crippen LogP) is 4.75. The standard InChI is InChI=1S/C29H28N2O8S/c1-7-12-39-28(35)26-16(3)30-29(40-26)31-23(19-14-18(36-4)9-11-21(19)38-6)22(25(33)27(31)34)24(32)17-8-10-20(37-5)15(2)13-17/h7-11,13-14,23,32H,1,12H2,2-6H3/t23-/m1/s1. The first-order valence-corrected chi connectivity index (χ1v) is 12.9. The Hall–Kier alpha value is -4.64. The number of hydrogen-bond donors (Lipinski definition) is 1. The smallest absolute Gasteiger partial charge is 0.350 e. The molecule has 0 unspecified atom stereocenters. The van der Waals surface area contributed by atoms with E-state index in [4.69, 9.17) is 18.9 Å². The molecule has 1 aromatic heterocycles. The van der Waals surface area contributed by atoms with Gasteiger partial charge in [-0.1, -0.05) is 24.0 Å². The number of methoxy groups -OCH3 is 3. The van der Waals surface area contributed by atoms with E-state index in [0.29, 0.717) is 34.1 Å². The van der Waals surface area contributed by atoms with Crippen LogP contribution in [0.5, 0.6) is 17.2 Å². The topological polar surface area (TPSA) is 124 Å². The summed E-state index contributed by atoms with van der Waals surface area (Å²) in [4.78, 5) is 45.5. The SMILES string of the molecule is C=CCOC(=O)c1sc(N2C(=O)C(=O)C(=C(O)c3ccc(OC)c(C)c3)[C@H]2c2cc(OC)ccc2OC)nc1C. The molecular weight excluding hydrogens is 536 g/mol. The minimum absolute atomic E-state index is 0.00168. The largest absolute Gasteiger partial charge is 0.507 e. The Balaban J connectivity index is 1.97. The first-order valence-electron chi connectivity index (χ1n) is 12.1. The second-order valence-electron chi connectivity index (χ2n) is 8.76. The molecule has 1 N–H and O–H groups in total. The summed E-state index contributed by atoms with van der Waals surface area (Å²) in [5.41, 5.74) is 1.54. The molecule has 0 radical (unpaired) electrons. The number of anilines is 1. The van der Waals surface area contributed by atoms with Gasteiger partial charge in [0.2, 0.25) is 0 Å². The summed E-state index contributed by atoms with van der Waals surface area (Å²) in [5.74, 6) is -1.51. The molecule has 1 amide bonds. The molecule has 40 heavy (non-hydrogen) atoms. The maximum absolute atomic E-state index is 13.6. The number of ketones is 1. The first-order chi connectivity index (χ1) is 19.2. The predicted molar refractivity (Wildman–Crippen MR) is 149 cm³/mol. The van der Waals surface area contributed by atoms with Crippen LogP contribution in [0.2, 0.25) is 0 Å². The molecule has 4 rings (SSSR count). The highest BCUT2D eigenvalue weighted by molar-refractivity contribution is 7.17. The van der Waals surface area contributed by atoms with Crippen molar-refractivity contribution >= 4 is 39.9 Å². The maximum Gasteiger partial charge on any atom is 0.350 e. The molecule has 1 fully saturated rings. The van der Waals surface area contributed by atoms with Crippen LogP contribution in [0.25, 0.3) is 5.76 Å². The van der Waals surface area contributed by atoms with Gasteiger partial charge >= 0.3 is 11.9 Å². The van der Waals surface area contributed by atoms with Crippen LogP contribution in [0.4, 0.5) is 5.13 Å². The summed E-state index contributed by atoms with van der Waals surface area (Å²) in [7, 11) is 4.46. The lowest BCUT2D eigenvalue weighted by atomic mass is 9.94. The normalized spacial score (nSPS) is 16.1. The summed E-state index contributed by atoms with van der Waals surface area (Å²) >= 11 is 0.900. The van der Waals surface area contributed by atoms with Gasteiger partial charge in [0.1, 0.15) is 40.5 Å². The number of nitrogens with zero attached hydrogens (tertiary/aromatic N) is 2. The van der Waals surface area contributed by atoms with Crippen molar-refractivity contribution in [3.05, 3.63) is 81.9 Å². The van der Waals surface area contributed by atoms with Crippen LogP contribution in [-0.2, 0) is 14.3 Å². The Morgan fingerprint density at radius 3 is 2.40 bits per heavy atom. The van der Waals surface area contributed by atoms with Crippen molar-refractivity contribution in [2.24, 2.45) is 0 Å². The molecule has 1 aliphatic heterocycles. The molecule has 2 aromatic carbocycles. The number of carbonyl (C=O) groups is 3. The fourth-order valence-corrected chi connectivity index (χ4v) is 5.42. The number of thiazole rings is 1. The Kier molecular flexibility index (Phi) is 8.24. The molecule has 1 atom stereocenters. The van der Waals surface area contributed by atoms with Gasteiger partial charge in [0, 0.05) is 11.1 Å². The van der Waals surface area contributed by atoms with Crippen LogP contribution >= 0.6 is 11.3 Å². The molecule has 11 heteroatoms. The van der Waals surface area contributed by atoms with E-state index in [2.05, 4.69) is 11.6 Å². The average molecular weight is 565 g/mol. The molecule has 3 aromatic rings. The number of aliphatic hydroxyl groups is 1. The highest BCUT2D eigenvalue weighted by atomic mass is 32.1. The number of aromatic nitrogens is 1. The van der Waals surface area contributed by atoms with Crippen molar-refractivity contribution in [3.63, 3.8) is 0 Å². The Morgan fingerprint density at radius 1 is 1.07 bits per heavy atom. The maximum atomic E-state index is 13.6. The second kappa shape index (κ2) is 11.6. The van der Waals surface area contributed by atoms with E-state index in [-0.39, 0.29) is 27.9 Å². The Labute approximate surface area is 235 Å². The van der Waals surface area contributed by atoms with Gasteiger partial charge in [0.15, 0.2) is 5.13 Å². The van der Waals surface area contributed by atoms with Gasteiger partial charge in [-0.2, -0.15) is 0 Å². The van der Waals surface area contributed by atoms with Crippen LogP contribution in [0, 0.1) is 13.8 Å². The number of rotatable bonds is 9. The van der Waals surface area contributed by atoms with E-state index in [1.54, 1.807) is 50.2 Å². The third-order valence-corrected chi connectivity index (χ3v) is 7.49. The molecule has 0 spiro atoms. The minimum Gasteiger partial charge on any atom is -0.507 e. The number of esters is 1. The lowest BCUT2D eigenvalue weighted by Gasteiger charge is -2.25. The van der Waals surface area contributed by atoms with Crippen molar-refractivity contribution < 1.29 is 38.4 Å². The Bertz CT molecular complexity index is 1540. The quantitative estimate of drug-likeness (QED) is 0.129. The van der Waals surface area contributed by atoms with Gasteiger partial charge in [-0.05, 0) is 55.8 Å². The molecule has 10 nitrogen and oxygen atoms in total. The number of aryl methyl sites for hydroxylation is 2. The van der Waals surface area contributed by atoms with E-state index in [1.165, 1.54) is 27.4 Å². The lowest BCUT2D eigenvalue weighted by molar-refractivity contribution is -0.132. The summed E-state index contributed by atoms with van der Waals surface area (Å²) < 4.78 is 21.5. The van der Waals surface area contributed by atoms with Crippen molar-refractivity contribution in [3.8, 4) is 17.2 Å². The van der Waals surface area contributed by atoms with E-state index < -0.39 is 23.7 Å². The molecule has 1 saturated heterocycles. The number of carbonyl (C=O) groups excluding carboxylic acids is 3. The van der Waals surface area contributed by atoms with Gasteiger partial charge in [-0.15, -0.1) is 0 Å². The number of benzene rings is 2. The average Bonchev–Trinajstić information content (AvgIpc) is 3.46. The van der Waals surface area contributed by atoms with E-state index in [9.17, 15) is 19.5 Å². The molecule has 0 aliphatic carbocycles. The number of aliphatic hydroxyl groups excluding tert-OH is 1. The summed E-state index contributed by atoms with van der Waals surface area (Å²) in [6, 6.07) is 8.68. The highest BCUT2D eigenvalue weighted by Crippen LogP contribution is 2.47. The summed E-state index contributed by atoms with van der Waals surface area (Å²) in [6.45, 7) is 6.93. The van der Waals surface area contributed by atoms with Gasteiger partial charge in [0.25, 0.3) is 5.78 Å². The van der Waals surface area contributed by atoms with Crippen molar-refractivity contribution in [2.45, 2.75) is 19.9 Å². The fraction of sp³-hybridized carbons (Fsp3) is 0.241. The molecule has 1 aliphatic rings. The summed E-state index contributed by atoms with van der Waals surface area (Å²) in [6.07, 6.45) is 1.43. The van der Waals surface area contributed by atoms with Crippen LogP contribution < -0.4 is 19.1 Å². The van der Waals surface area contributed by atoms with Crippen LogP contribution in [0.3, 0.4) is 0 Å².